The summed E-state index contributed by atoms with van der Waals surface area (Å²) in [7, 11) is 0. The van der Waals surface area contributed by atoms with E-state index in [1.807, 2.05) is 4.90 Å². The Morgan fingerprint density at radius 2 is 2.21 bits per heavy atom. The molecule has 2 aliphatic heterocycles. The van der Waals surface area contributed by atoms with Crippen LogP contribution >= 0.6 is 12.2 Å². The van der Waals surface area contributed by atoms with Crippen molar-refractivity contribution in [2.75, 3.05) is 42.6 Å². The topological polar surface area (TPSA) is 69.4 Å². The summed E-state index contributed by atoms with van der Waals surface area (Å²) in [5, 5.41) is 11.7. The van der Waals surface area contributed by atoms with Gasteiger partial charge >= 0.3 is 6.09 Å². The lowest BCUT2D eigenvalue weighted by molar-refractivity contribution is 0.142. The van der Waals surface area contributed by atoms with Gasteiger partial charge in [0.2, 0.25) is 0 Å². The number of aliphatic hydroxyl groups is 1. The quantitative estimate of drug-likeness (QED) is 0.581. The number of carbonyl (C=O) groups excluding carboxylic acids is 1. The minimum absolute atomic E-state index is 0.266. The fourth-order valence-corrected chi connectivity index (χ4v) is 3.38. The van der Waals surface area contributed by atoms with Gasteiger partial charge in [-0.15, -0.1) is 0 Å². The Labute approximate surface area is 168 Å². The van der Waals surface area contributed by atoms with Gasteiger partial charge in [0.05, 0.1) is 37.6 Å². The molecule has 148 valence electrons. The van der Waals surface area contributed by atoms with Gasteiger partial charge in [-0.1, -0.05) is 17.8 Å². The van der Waals surface area contributed by atoms with E-state index in [2.05, 4.69) is 10.2 Å². The average molecular weight is 404 g/mol. The van der Waals surface area contributed by atoms with Crippen molar-refractivity contribution >= 4 is 34.7 Å². The molecular formula is C19H21FN4O3S. The third kappa shape index (κ3) is 4.58. The van der Waals surface area contributed by atoms with Crippen molar-refractivity contribution < 1.29 is 19.0 Å². The van der Waals surface area contributed by atoms with Crippen LogP contribution in [0.1, 0.15) is 12.8 Å². The molecule has 3 rings (SSSR count). The van der Waals surface area contributed by atoms with Gasteiger partial charge < -0.3 is 20.1 Å². The van der Waals surface area contributed by atoms with Crippen molar-refractivity contribution in [1.29, 1.82) is 0 Å². The van der Waals surface area contributed by atoms with E-state index in [0.29, 0.717) is 24.5 Å². The molecule has 28 heavy (non-hydrogen) atoms. The van der Waals surface area contributed by atoms with Gasteiger partial charge in [0.1, 0.15) is 16.9 Å². The molecule has 0 bridgehead atoms. The van der Waals surface area contributed by atoms with Gasteiger partial charge in [0.15, 0.2) is 6.20 Å². The van der Waals surface area contributed by atoms with Crippen molar-refractivity contribution in [2.24, 2.45) is 0 Å². The SMILES string of the molecule is [C-]#[N+]C=C1CCN(c2ccc(N3C[C@H](CNC(=S)CO)OC3=O)cc2F)CC1. The molecule has 2 N–H and O–H groups in total. The number of ether oxygens (including phenoxy) is 1. The number of hydrogen-bond donors (Lipinski definition) is 2. The Bertz CT molecular complexity index is 829. The van der Waals surface area contributed by atoms with E-state index < -0.39 is 18.0 Å². The summed E-state index contributed by atoms with van der Waals surface area (Å²) in [6, 6.07) is 4.72. The molecule has 9 heteroatoms. The summed E-state index contributed by atoms with van der Waals surface area (Å²) >= 11 is 4.87. The summed E-state index contributed by atoms with van der Waals surface area (Å²) in [4.78, 5) is 19.0. The molecule has 2 saturated heterocycles. The molecule has 1 aromatic rings. The summed E-state index contributed by atoms with van der Waals surface area (Å²) in [5.41, 5.74) is 2.01. The Hall–Kier alpha value is -2.70. The zero-order valence-electron chi connectivity index (χ0n) is 15.2. The number of piperidine rings is 1. The Kier molecular flexibility index (Phi) is 6.44. The fraction of sp³-hybridized carbons (Fsp3) is 0.421. The normalized spacial score (nSPS) is 19.2. The highest BCUT2D eigenvalue weighted by Crippen LogP contribution is 2.30. The number of carbonyl (C=O) groups is 1. The maximum absolute atomic E-state index is 14.7. The fourth-order valence-electron chi connectivity index (χ4n) is 3.30. The standard InChI is InChI=1S/C19H21FN4O3S/c1-21-9-13-4-6-23(7-5-13)17-3-2-14(8-16(17)20)24-11-15(27-19(24)26)10-22-18(28)12-25/h2-3,8-9,15,25H,4-7,10-12H2,(H,22,28)/t15-/m0/s1. The molecule has 0 saturated carbocycles. The molecule has 1 amide bonds. The lowest BCUT2D eigenvalue weighted by Gasteiger charge is -2.31. The van der Waals surface area contributed by atoms with Crippen LogP contribution in [0.15, 0.2) is 30.0 Å². The molecule has 2 heterocycles. The second-order valence-electron chi connectivity index (χ2n) is 6.62. The minimum atomic E-state index is -0.541. The van der Waals surface area contributed by atoms with E-state index in [1.165, 1.54) is 11.0 Å². The average Bonchev–Trinajstić information content (AvgIpc) is 3.07. The van der Waals surface area contributed by atoms with E-state index in [-0.39, 0.29) is 24.7 Å². The van der Waals surface area contributed by atoms with Crippen molar-refractivity contribution in [2.45, 2.75) is 18.9 Å². The van der Waals surface area contributed by atoms with Crippen LogP contribution in [0.3, 0.4) is 0 Å². The first-order valence-electron chi connectivity index (χ1n) is 8.96. The van der Waals surface area contributed by atoms with Gasteiger partial charge in [-0.3, -0.25) is 4.90 Å². The van der Waals surface area contributed by atoms with E-state index in [0.717, 1.165) is 18.4 Å². The Balaban J connectivity index is 1.64. The van der Waals surface area contributed by atoms with Crippen LogP contribution in [0, 0.1) is 12.4 Å². The van der Waals surface area contributed by atoms with Crippen LogP contribution in [0.5, 0.6) is 0 Å². The number of nitrogens with zero attached hydrogens (tertiary/aromatic N) is 3. The maximum atomic E-state index is 14.7. The number of cyclic esters (lactones) is 1. The predicted molar refractivity (Wildman–Crippen MR) is 108 cm³/mol. The Morgan fingerprint density at radius 3 is 2.86 bits per heavy atom. The molecule has 0 aromatic heterocycles. The molecule has 0 aliphatic carbocycles. The highest BCUT2D eigenvalue weighted by molar-refractivity contribution is 7.80. The number of nitrogens with one attached hydrogen (secondary N) is 1. The predicted octanol–water partition coefficient (Wildman–Crippen LogP) is 2.46. The number of aliphatic hydroxyl groups excluding tert-OH is 1. The van der Waals surface area contributed by atoms with E-state index in [9.17, 15) is 9.18 Å². The molecular weight excluding hydrogens is 383 g/mol. The van der Waals surface area contributed by atoms with Crippen molar-refractivity contribution in [3.8, 4) is 0 Å². The monoisotopic (exact) mass is 404 g/mol. The second kappa shape index (κ2) is 8.99. The smallest absolute Gasteiger partial charge is 0.414 e. The van der Waals surface area contributed by atoms with Gasteiger partial charge in [-0.2, -0.15) is 0 Å². The van der Waals surface area contributed by atoms with Crippen molar-refractivity contribution in [3.63, 3.8) is 0 Å². The van der Waals surface area contributed by atoms with Crippen LogP contribution in [-0.4, -0.2) is 55.1 Å². The lowest BCUT2D eigenvalue weighted by Crippen LogP contribution is -2.35. The zero-order chi connectivity index (χ0) is 20.1. The number of amides is 1. The van der Waals surface area contributed by atoms with Gasteiger partial charge in [0.25, 0.3) is 0 Å². The third-order valence-electron chi connectivity index (χ3n) is 4.78. The van der Waals surface area contributed by atoms with E-state index in [4.69, 9.17) is 28.6 Å². The van der Waals surface area contributed by atoms with Crippen molar-refractivity contribution in [3.05, 3.63) is 47.2 Å². The van der Waals surface area contributed by atoms with Crippen molar-refractivity contribution in [1.82, 2.24) is 5.32 Å². The summed E-state index contributed by atoms with van der Waals surface area (Å²) in [6.45, 7) is 8.49. The molecule has 0 spiro atoms. The van der Waals surface area contributed by atoms with Gasteiger partial charge in [-0.25, -0.2) is 14.0 Å². The largest absolute Gasteiger partial charge is 0.442 e. The number of thiocarbonyl (C=S) groups is 1. The summed E-state index contributed by atoms with van der Waals surface area (Å²) in [5.74, 6) is -0.397. The van der Waals surface area contributed by atoms with E-state index in [1.54, 1.807) is 18.3 Å². The van der Waals surface area contributed by atoms with Crippen LogP contribution in [-0.2, 0) is 4.74 Å². The molecule has 2 fully saturated rings. The van der Waals surface area contributed by atoms with Crippen LogP contribution in [0.25, 0.3) is 4.85 Å². The second-order valence-corrected chi connectivity index (χ2v) is 7.11. The zero-order valence-corrected chi connectivity index (χ0v) is 16.0. The number of halogens is 1. The molecule has 0 radical (unpaired) electrons. The highest BCUT2D eigenvalue weighted by Gasteiger charge is 2.33. The molecule has 1 atom stereocenters. The molecule has 0 unspecified atom stereocenters. The maximum Gasteiger partial charge on any atom is 0.414 e. The molecule has 7 nitrogen and oxygen atoms in total. The highest BCUT2D eigenvalue weighted by atomic mass is 32.1. The number of benzene rings is 1. The van der Waals surface area contributed by atoms with Crippen LogP contribution in [0.2, 0.25) is 0 Å². The van der Waals surface area contributed by atoms with E-state index >= 15 is 0 Å². The number of rotatable bonds is 5. The third-order valence-corrected chi connectivity index (χ3v) is 5.05. The number of hydrogen-bond acceptors (Lipinski definition) is 5. The van der Waals surface area contributed by atoms with Gasteiger partial charge in [-0.05, 0) is 31.0 Å². The minimum Gasteiger partial charge on any atom is -0.442 e. The van der Waals surface area contributed by atoms with Crippen LogP contribution < -0.4 is 15.1 Å². The molecule has 2 aliphatic rings. The Morgan fingerprint density at radius 1 is 1.46 bits per heavy atom. The first-order chi connectivity index (χ1) is 13.5. The molecule has 1 aromatic carbocycles. The van der Waals surface area contributed by atoms with Gasteiger partial charge in [0, 0.05) is 13.1 Å². The summed E-state index contributed by atoms with van der Waals surface area (Å²) in [6.07, 6.45) is 2.06. The van der Waals surface area contributed by atoms with Crippen LogP contribution in [0.4, 0.5) is 20.6 Å². The first kappa shape index (κ1) is 20.0. The number of anilines is 2. The first-order valence-corrected chi connectivity index (χ1v) is 9.37. The summed E-state index contributed by atoms with van der Waals surface area (Å²) < 4.78 is 20.0. The lowest BCUT2D eigenvalue weighted by atomic mass is 10.0.